The van der Waals surface area contributed by atoms with Crippen LogP contribution in [-0.4, -0.2) is 54.8 Å². The third kappa shape index (κ3) is 14.7. The highest BCUT2D eigenvalue weighted by Gasteiger charge is 1.98. The van der Waals surface area contributed by atoms with Gasteiger partial charge in [0.2, 0.25) is 0 Å². The van der Waals surface area contributed by atoms with E-state index in [4.69, 9.17) is 19.6 Å². The molecule has 0 radical (unpaired) electrons. The quantitative estimate of drug-likeness (QED) is 0.205. The van der Waals surface area contributed by atoms with Crippen molar-refractivity contribution < 1.29 is 29.2 Å². The molecule has 1 aromatic carbocycles. The van der Waals surface area contributed by atoms with Crippen molar-refractivity contribution >= 4 is 29.9 Å². The van der Waals surface area contributed by atoms with Gasteiger partial charge in [0.1, 0.15) is 25.5 Å². The Labute approximate surface area is 189 Å². The number of carboxylic acids is 1. The average molecular weight is 448 g/mol. The van der Waals surface area contributed by atoms with Gasteiger partial charge in [-0.05, 0) is 62.6 Å². The van der Waals surface area contributed by atoms with Crippen molar-refractivity contribution in [3.63, 3.8) is 0 Å². The van der Waals surface area contributed by atoms with Crippen LogP contribution in [0.25, 0.3) is 0 Å². The van der Waals surface area contributed by atoms with E-state index in [2.05, 4.69) is 15.5 Å². The maximum atomic E-state index is 11.0. The molecule has 0 heterocycles. The SMILES string of the molecule is CC(=O)/C(C)=N\OCCCCCCO/N=C\c1cccc(/C=N/OCCCCC(=O)O)c1. The van der Waals surface area contributed by atoms with Crippen LogP contribution in [0.15, 0.2) is 39.7 Å². The molecule has 9 heteroatoms. The minimum absolute atomic E-state index is 0.0849. The number of carbonyl (C=O) groups is 2. The van der Waals surface area contributed by atoms with E-state index in [1.807, 2.05) is 24.3 Å². The molecule has 0 saturated carbocycles. The van der Waals surface area contributed by atoms with Gasteiger partial charge in [0.05, 0.1) is 12.4 Å². The molecule has 0 spiro atoms. The molecule has 0 fully saturated rings. The van der Waals surface area contributed by atoms with Gasteiger partial charge in [-0.2, -0.15) is 0 Å². The normalized spacial score (nSPS) is 11.8. The minimum Gasteiger partial charge on any atom is -0.481 e. The lowest BCUT2D eigenvalue weighted by molar-refractivity contribution is -0.137. The second-order valence-corrected chi connectivity index (χ2v) is 7.14. The van der Waals surface area contributed by atoms with Crippen molar-refractivity contribution in [2.45, 2.75) is 58.8 Å². The number of carboxylic acid groups (broad SMARTS) is 1. The number of oxime groups is 3. The Morgan fingerprint density at radius 2 is 1.38 bits per heavy atom. The smallest absolute Gasteiger partial charge is 0.303 e. The Balaban J connectivity index is 2.12. The van der Waals surface area contributed by atoms with E-state index in [-0.39, 0.29) is 12.2 Å². The predicted octanol–water partition coefficient (Wildman–Crippen LogP) is 4.18. The van der Waals surface area contributed by atoms with Crippen molar-refractivity contribution in [3.8, 4) is 0 Å². The Morgan fingerprint density at radius 1 is 0.844 bits per heavy atom. The molecule has 0 aromatic heterocycles. The monoisotopic (exact) mass is 447 g/mol. The molecule has 0 aliphatic rings. The summed E-state index contributed by atoms with van der Waals surface area (Å²) in [6.07, 6.45) is 8.37. The average Bonchev–Trinajstić information content (AvgIpc) is 2.76. The second kappa shape index (κ2) is 17.5. The van der Waals surface area contributed by atoms with Crippen molar-refractivity contribution in [2.75, 3.05) is 19.8 Å². The van der Waals surface area contributed by atoms with E-state index >= 15 is 0 Å². The number of unbranched alkanes of at least 4 members (excludes halogenated alkanes) is 4. The number of ketones is 1. The Bertz CT molecular complexity index is 777. The summed E-state index contributed by atoms with van der Waals surface area (Å²) in [7, 11) is 0. The van der Waals surface area contributed by atoms with Crippen molar-refractivity contribution in [3.05, 3.63) is 35.4 Å². The number of rotatable bonds is 18. The lowest BCUT2D eigenvalue weighted by Crippen LogP contribution is -2.05. The number of nitrogens with zero attached hydrogens (tertiary/aromatic N) is 3. The van der Waals surface area contributed by atoms with E-state index in [1.54, 1.807) is 19.4 Å². The number of aliphatic carboxylic acids is 1. The van der Waals surface area contributed by atoms with E-state index in [1.165, 1.54) is 6.92 Å². The predicted molar refractivity (Wildman–Crippen MR) is 123 cm³/mol. The van der Waals surface area contributed by atoms with Gasteiger partial charge < -0.3 is 19.6 Å². The zero-order valence-corrected chi connectivity index (χ0v) is 18.9. The van der Waals surface area contributed by atoms with Gasteiger partial charge in [-0.25, -0.2) is 0 Å². The summed E-state index contributed by atoms with van der Waals surface area (Å²) in [6.45, 7) is 4.52. The number of benzene rings is 1. The lowest BCUT2D eigenvalue weighted by Gasteiger charge is -2.02. The molecular weight excluding hydrogens is 414 g/mol. The van der Waals surface area contributed by atoms with Crippen LogP contribution < -0.4 is 0 Å². The molecule has 0 atom stereocenters. The van der Waals surface area contributed by atoms with Gasteiger partial charge in [0.25, 0.3) is 0 Å². The molecule has 9 nitrogen and oxygen atoms in total. The van der Waals surface area contributed by atoms with Crippen LogP contribution in [0.1, 0.15) is 69.9 Å². The largest absolute Gasteiger partial charge is 0.481 e. The van der Waals surface area contributed by atoms with Gasteiger partial charge in [-0.3, -0.25) is 9.59 Å². The van der Waals surface area contributed by atoms with Crippen molar-refractivity contribution in [1.82, 2.24) is 0 Å². The fourth-order valence-electron chi connectivity index (χ4n) is 2.36. The summed E-state index contributed by atoms with van der Waals surface area (Å²) in [5, 5.41) is 20.2. The van der Waals surface area contributed by atoms with Crippen LogP contribution in [0.5, 0.6) is 0 Å². The highest BCUT2D eigenvalue weighted by Crippen LogP contribution is 2.04. The molecule has 0 bridgehead atoms. The van der Waals surface area contributed by atoms with Crippen molar-refractivity contribution in [2.24, 2.45) is 15.5 Å². The van der Waals surface area contributed by atoms with Gasteiger partial charge in [0.15, 0.2) is 5.78 Å². The van der Waals surface area contributed by atoms with E-state index < -0.39 is 5.97 Å². The molecule has 0 unspecified atom stereocenters. The fraction of sp³-hybridized carbons (Fsp3) is 0.522. The second-order valence-electron chi connectivity index (χ2n) is 7.14. The first kappa shape index (κ1) is 26.8. The van der Waals surface area contributed by atoms with Gasteiger partial charge in [0, 0.05) is 13.3 Å². The first-order valence-electron chi connectivity index (χ1n) is 10.8. The summed E-state index contributed by atoms with van der Waals surface area (Å²) in [4.78, 5) is 36.9. The Kier molecular flexibility index (Phi) is 14.6. The Hall–Kier alpha value is -3.23. The van der Waals surface area contributed by atoms with Crippen LogP contribution in [0.2, 0.25) is 0 Å². The molecule has 176 valence electrons. The van der Waals surface area contributed by atoms with E-state index in [9.17, 15) is 9.59 Å². The number of hydrogen-bond donors (Lipinski definition) is 1. The Morgan fingerprint density at radius 3 is 1.91 bits per heavy atom. The van der Waals surface area contributed by atoms with Crippen molar-refractivity contribution in [1.29, 1.82) is 0 Å². The molecule has 32 heavy (non-hydrogen) atoms. The number of hydrogen-bond acceptors (Lipinski definition) is 8. The van der Waals surface area contributed by atoms with E-state index in [0.717, 1.165) is 36.8 Å². The minimum atomic E-state index is -0.801. The lowest BCUT2D eigenvalue weighted by atomic mass is 10.1. The first-order chi connectivity index (χ1) is 15.5. The summed E-state index contributed by atoms with van der Waals surface area (Å²) in [5.74, 6) is -0.885. The molecule has 0 saturated heterocycles. The molecular formula is C23H33N3O6. The van der Waals surface area contributed by atoms with Crippen LogP contribution in [-0.2, 0) is 24.1 Å². The molecule has 0 amide bonds. The van der Waals surface area contributed by atoms with Gasteiger partial charge >= 0.3 is 5.97 Å². The zero-order chi connectivity index (χ0) is 23.4. The van der Waals surface area contributed by atoms with Crippen LogP contribution in [0.3, 0.4) is 0 Å². The zero-order valence-electron chi connectivity index (χ0n) is 18.9. The molecule has 0 aliphatic heterocycles. The number of carbonyl (C=O) groups excluding carboxylic acids is 1. The summed E-state index contributed by atoms with van der Waals surface area (Å²) >= 11 is 0. The van der Waals surface area contributed by atoms with Crippen LogP contribution >= 0.6 is 0 Å². The molecule has 0 aliphatic carbocycles. The van der Waals surface area contributed by atoms with Gasteiger partial charge in [-0.1, -0.05) is 33.7 Å². The maximum Gasteiger partial charge on any atom is 0.303 e. The third-order valence-electron chi connectivity index (χ3n) is 4.27. The molecule has 1 rings (SSSR count). The summed E-state index contributed by atoms with van der Waals surface area (Å²) in [6, 6.07) is 7.60. The fourth-order valence-corrected chi connectivity index (χ4v) is 2.36. The van der Waals surface area contributed by atoms with E-state index in [0.29, 0.717) is 38.4 Å². The number of Topliss-reactive ketones (excluding diaryl/α,β-unsaturated/α-hetero) is 1. The maximum absolute atomic E-state index is 11.0. The van der Waals surface area contributed by atoms with Crippen LogP contribution in [0.4, 0.5) is 0 Å². The highest BCUT2D eigenvalue weighted by atomic mass is 16.6. The van der Waals surface area contributed by atoms with Gasteiger partial charge in [-0.15, -0.1) is 0 Å². The standard InChI is InChI=1S/C23H33N3O6/c1-19(20(2)27)26-32-15-7-4-3-6-13-30-24-17-21-10-9-11-22(16-21)18-25-31-14-8-5-12-23(28)29/h9-11,16-18H,3-8,12-15H2,1-2H3,(H,28,29)/b24-17-,25-18+,26-19-. The molecule has 1 aromatic rings. The summed E-state index contributed by atoms with van der Waals surface area (Å²) in [5.41, 5.74) is 2.13. The summed E-state index contributed by atoms with van der Waals surface area (Å²) < 4.78 is 0. The molecule has 1 N–H and O–H groups in total. The topological polar surface area (TPSA) is 119 Å². The third-order valence-corrected chi connectivity index (χ3v) is 4.27. The van der Waals surface area contributed by atoms with Crippen LogP contribution in [0, 0.1) is 0 Å². The first-order valence-corrected chi connectivity index (χ1v) is 10.8. The highest BCUT2D eigenvalue weighted by molar-refractivity contribution is 6.37.